The Hall–Kier alpha value is -3.95. The minimum Gasteiger partial charge on any atom is -0.462 e. The molecule has 0 unspecified atom stereocenters. The van der Waals surface area contributed by atoms with Gasteiger partial charge in [-0.25, -0.2) is 9.69 Å². The van der Waals surface area contributed by atoms with Crippen LogP contribution in [0, 0.1) is 0 Å². The highest BCUT2D eigenvalue weighted by Gasteiger charge is 2.39. The van der Waals surface area contributed by atoms with Crippen LogP contribution in [0.5, 0.6) is 0 Å². The molecule has 4 rings (SSSR count). The standard InChI is InChI=1S/C28H23BrClN3O5/c1-2-3-16-38-28(37)18-6-14-22(15-7-18)33-26(35)23(30)24(27(33)36)31-20-10-4-17(5-11-20)25(34)32-21-12-8-19(29)9-13-21/h4-15,31H,2-3,16H2,1H3,(H,32,34). The summed E-state index contributed by atoms with van der Waals surface area (Å²) in [6, 6.07) is 19.5. The quantitative estimate of drug-likeness (QED) is 0.176. The van der Waals surface area contributed by atoms with Gasteiger partial charge in [-0.3, -0.25) is 14.4 Å². The lowest BCUT2D eigenvalue weighted by Gasteiger charge is -2.15. The number of amides is 3. The first-order chi connectivity index (χ1) is 18.3. The van der Waals surface area contributed by atoms with Gasteiger partial charge in [-0.2, -0.15) is 0 Å². The molecule has 3 aromatic rings. The summed E-state index contributed by atoms with van der Waals surface area (Å²) in [4.78, 5) is 51.4. The minimum absolute atomic E-state index is 0.0909. The van der Waals surface area contributed by atoms with Crippen molar-refractivity contribution >= 4 is 68.3 Å². The fourth-order valence-electron chi connectivity index (χ4n) is 3.57. The molecule has 1 aliphatic rings. The van der Waals surface area contributed by atoms with Crippen LogP contribution in [0.2, 0.25) is 0 Å². The summed E-state index contributed by atoms with van der Waals surface area (Å²) in [5.41, 5.74) is 2.00. The Labute approximate surface area is 232 Å². The molecule has 3 amide bonds. The lowest BCUT2D eigenvalue weighted by Crippen LogP contribution is -2.32. The number of ether oxygens (including phenoxy) is 1. The Morgan fingerprint density at radius 2 is 1.47 bits per heavy atom. The number of hydrogen-bond donors (Lipinski definition) is 2. The van der Waals surface area contributed by atoms with Crippen molar-refractivity contribution in [2.75, 3.05) is 22.1 Å². The number of halogens is 2. The molecule has 0 aliphatic carbocycles. The summed E-state index contributed by atoms with van der Waals surface area (Å²) in [6.07, 6.45) is 1.67. The number of carbonyl (C=O) groups is 4. The van der Waals surface area contributed by atoms with Crippen LogP contribution in [0.1, 0.15) is 40.5 Å². The normalized spacial score (nSPS) is 13.1. The van der Waals surface area contributed by atoms with E-state index in [0.717, 1.165) is 22.2 Å². The van der Waals surface area contributed by atoms with Gasteiger partial charge < -0.3 is 15.4 Å². The third-order valence-corrected chi connectivity index (χ3v) is 6.52. The maximum Gasteiger partial charge on any atom is 0.338 e. The molecule has 1 aliphatic heterocycles. The first-order valence-electron chi connectivity index (χ1n) is 11.8. The summed E-state index contributed by atoms with van der Waals surface area (Å²) in [5, 5.41) is 5.41. The highest BCUT2D eigenvalue weighted by atomic mass is 79.9. The molecular weight excluding hydrogens is 574 g/mol. The fourth-order valence-corrected chi connectivity index (χ4v) is 4.05. The molecule has 0 bridgehead atoms. The highest BCUT2D eigenvalue weighted by molar-refractivity contribution is 9.10. The van der Waals surface area contributed by atoms with E-state index in [-0.39, 0.29) is 22.3 Å². The van der Waals surface area contributed by atoms with Crippen LogP contribution in [-0.2, 0) is 14.3 Å². The zero-order valence-corrected chi connectivity index (χ0v) is 22.6. The topological polar surface area (TPSA) is 105 Å². The maximum atomic E-state index is 13.1. The molecule has 0 radical (unpaired) electrons. The molecule has 8 nitrogen and oxygen atoms in total. The number of anilines is 3. The summed E-state index contributed by atoms with van der Waals surface area (Å²) in [7, 11) is 0. The molecule has 0 saturated heterocycles. The van der Waals surface area contributed by atoms with Crippen LogP contribution in [0.15, 0.2) is 88.0 Å². The molecule has 0 aromatic heterocycles. The number of imide groups is 1. The molecule has 38 heavy (non-hydrogen) atoms. The van der Waals surface area contributed by atoms with Crippen molar-refractivity contribution in [3.8, 4) is 0 Å². The Morgan fingerprint density at radius 1 is 0.868 bits per heavy atom. The van der Waals surface area contributed by atoms with Crippen molar-refractivity contribution in [1.82, 2.24) is 0 Å². The van der Waals surface area contributed by atoms with Gasteiger partial charge in [0.05, 0.1) is 17.9 Å². The van der Waals surface area contributed by atoms with Gasteiger partial charge in [-0.05, 0) is 79.2 Å². The molecule has 3 aromatic carbocycles. The number of nitrogens with zero attached hydrogens (tertiary/aromatic N) is 1. The van der Waals surface area contributed by atoms with Crippen molar-refractivity contribution in [2.24, 2.45) is 0 Å². The molecule has 0 spiro atoms. The number of benzene rings is 3. The lowest BCUT2D eigenvalue weighted by molar-refractivity contribution is -0.120. The predicted octanol–water partition coefficient (Wildman–Crippen LogP) is 6.09. The van der Waals surface area contributed by atoms with Gasteiger partial charge in [0.15, 0.2) is 0 Å². The van der Waals surface area contributed by atoms with Gasteiger partial charge in [0.25, 0.3) is 17.7 Å². The van der Waals surface area contributed by atoms with Gasteiger partial charge in [0, 0.05) is 21.4 Å². The molecule has 0 atom stereocenters. The Bertz CT molecular complexity index is 1400. The SMILES string of the molecule is CCCCOC(=O)c1ccc(N2C(=O)C(Cl)=C(Nc3ccc(C(=O)Nc4ccc(Br)cc4)cc3)C2=O)cc1. The third-order valence-electron chi connectivity index (χ3n) is 5.64. The van der Waals surface area contributed by atoms with Crippen LogP contribution in [0.25, 0.3) is 0 Å². The van der Waals surface area contributed by atoms with E-state index in [1.807, 2.05) is 19.1 Å². The van der Waals surface area contributed by atoms with E-state index in [4.69, 9.17) is 16.3 Å². The van der Waals surface area contributed by atoms with Crippen LogP contribution < -0.4 is 15.5 Å². The van der Waals surface area contributed by atoms with E-state index in [2.05, 4.69) is 26.6 Å². The zero-order chi connectivity index (χ0) is 27.2. The van der Waals surface area contributed by atoms with Crippen molar-refractivity contribution < 1.29 is 23.9 Å². The van der Waals surface area contributed by atoms with Crippen LogP contribution >= 0.6 is 27.5 Å². The number of hydrogen-bond acceptors (Lipinski definition) is 6. The molecule has 10 heteroatoms. The first-order valence-corrected chi connectivity index (χ1v) is 13.0. The van der Waals surface area contributed by atoms with E-state index in [1.54, 1.807) is 36.4 Å². The van der Waals surface area contributed by atoms with Crippen LogP contribution in [0.3, 0.4) is 0 Å². The highest BCUT2D eigenvalue weighted by Crippen LogP contribution is 2.30. The van der Waals surface area contributed by atoms with Crippen molar-refractivity contribution in [1.29, 1.82) is 0 Å². The molecule has 0 saturated carbocycles. The smallest absolute Gasteiger partial charge is 0.338 e. The average Bonchev–Trinajstić information content (AvgIpc) is 3.13. The second-order valence-corrected chi connectivity index (χ2v) is 9.63. The average molecular weight is 597 g/mol. The largest absolute Gasteiger partial charge is 0.462 e. The Kier molecular flexibility index (Phi) is 8.60. The lowest BCUT2D eigenvalue weighted by atomic mass is 10.2. The summed E-state index contributed by atoms with van der Waals surface area (Å²) in [6.45, 7) is 2.32. The Balaban J connectivity index is 1.41. The third kappa shape index (κ3) is 6.12. The second kappa shape index (κ2) is 12.1. The summed E-state index contributed by atoms with van der Waals surface area (Å²) < 4.78 is 6.08. The molecule has 194 valence electrons. The number of rotatable bonds is 9. The predicted molar refractivity (Wildman–Crippen MR) is 149 cm³/mol. The van der Waals surface area contributed by atoms with Crippen LogP contribution in [-0.4, -0.2) is 30.3 Å². The van der Waals surface area contributed by atoms with Gasteiger partial charge in [0.1, 0.15) is 10.7 Å². The van der Waals surface area contributed by atoms with E-state index in [1.165, 1.54) is 24.3 Å². The van der Waals surface area contributed by atoms with Gasteiger partial charge in [-0.15, -0.1) is 0 Å². The van der Waals surface area contributed by atoms with Crippen molar-refractivity contribution in [2.45, 2.75) is 19.8 Å². The van der Waals surface area contributed by atoms with Crippen LogP contribution in [0.4, 0.5) is 17.1 Å². The van der Waals surface area contributed by atoms with Gasteiger partial charge >= 0.3 is 5.97 Å². The molecular formula is C28H23BrClN3O5. The van der Waals surface area contributed by atoms with Gasteiger partial charge in [0.2, 0.25) is 0 Å². The monoisotopic (exact) mass is 595 g/mol. The first kappa shape index (κ1) is 27.1. The maximum absolute atomic E-state index is 13.1. The number of unbranched alkanes of at least 4 members (excludes halogenated alkanes) is 1. The van der Waals surface area contributed by atoms with Crippen molar-refractivity contribution in [3.05, 3.63) is 99.1 Å². The molecule has 0 fully saturated rings. The Morgan fingerprint density at radius 3 is 2.11 bits per heavy atom. The zero-order valence-electron chi connectivity index (χ0n) is 20.3. The second-order valence-electron chi connectivity index (χ2n) is 8.33. The minimum atomic E-state index is -0.692. The van der Waals surface area contributed by atoms with E-state index >= 15 is 0 Å². The molecule has 2 N–H and O–H groups in total. The molecule has 1 heterocycles. The number of nitrogens with one attached hydrogen (secondary N) is 2. The van der Waals surface area contributed by atoms with E-state index in [0.29, 0.717) is 29.1 Å². The van der Waals surface area contributed by atoms with E-state index < -0.39 is 17.8 Å². The number of esters is 1. The van der Waals surface area contributed by atoms with E-state index in [9.17, 15) is 19.2 Å². The summed E-state index contributed by atoms with van der Waals surface area (Å²) in [5.74, 6) is -2.11. The number of carbonyl (C=O) groups excluding carboxylic acids is 4. The van der Waals surface area contributed by atoms with Gasteiger partial charge in [-0.1, -0.05) is 40.9 Å². The summed E-state index contributed by atoms with van der Waals surface area (Å²) >= 11 is 9.57. The van der Waals surface area contributed by atoms with Crippen molar-refractivity contribution in [3.63, 3.8) is 0 Å². The fraction of sp³-hybridized carbons (Fsp3) is 0.143.